The Kier molecular flexibility index (Phi) is 5.49. The van der Waals surface area contributed by atoms with Crippen molar-refractivity contribution in [1.29, 1.82) is 0 Å². The van der Waals surface area contributed by atoms with Crippen LogP contribution in [0, 0.1) is 5.82 Å². The predicted octanol–water partition coefficient (Wildman–Crippen LogP) is 2.57. The Hall–Kier alpha value is -2.40. The van der Waals surface area contributed by atoms with Gasteiger partial charge in [0.1, 0.15) is 11.6 Å². The summed E-state index contributed by atoms with van der Waals surface area (Å²) < 4.78 is 18.3. The number of carbonyl (C=O) groups excluding carboxylic acids is 1. The Balaban J connectivity index is 1.89. The van der Waals surface area contributed by atoms with E-state index in [1.165, 1.54) is 19.2 Å². The number of nitrogens with one attached hydrogen (secondary N) is 1. The van der Waals surface area contributed by atoms with Crippen LogP contribution < -0.4 is 10.1 Å². The minimum Gasteiger partial charge on any atom is -0.497 e. The van der Waals surface area contributed by atoms with E-state index in [2.05, 4.69) is 5.32 Å². The van der Waals surface area contributed by atoms with E-state index in [0.29, 0.717) is 16.9 Å². The topological polar surface area (TPSA) is 58.6 Å². The third-order valence-electron chi connectivity index (χ3n) is 3.22. The molecule has 0 spiro atoms. The number of hydrogen-bond acceptors (Lipinski definition) is 3. The molecule has 2 aromatic carbocycles. The molecule has 0 heterocycles. The summed E-state index contributed by atoms with van der Waals surface area (Å²) >= 11 is 0. The smallest absolute Gasteiger partial charge is 0.223 e. The van der Waals surface area contributed by atoms with E-state index in [-0.39, 0.29) is 18.9 Å². The van der Waals surface area contributed by atoms with Crippen molar-refractivity contribution >= 4 is 5.91 Å². The van der Waals surface area contributed by atoms with Gasteiger partial charge >= 0.3 is 0 Å². The maximum absolute atomic E-state index is 13.3. The van der Waals surface area contributed by atoms with Crippen molar-refractivity contribution in [3.63, 3.8) is 0 Å². The molecular weight excluding hydrogens is 285 g/mol. The molecule has 0 radical (unpaired) electrons. The molecule has 0 fully saturated rings. The van der Waals surface area contributed by atoms with Gasteiger partial charge in [-0.1, -0.05) is 30.3 Å². The number of methoxy groups -OCH3 is 1. The molecule has 116 valence electrons. The van der Waals surface area contributed by atoms with E-state index in [1.54, 1.807) is 30.3 Å². The molecule has 5 heteroatoms. The number of amides is 1. The van der Waals surface area contributed by atoms with Crippen LogP contribution >= 0.6 is 0 Å². The molecule has 0 aliphatic rings. The second-order valence-electron chi connectivity index (χ2n) is 4.91. The minimum atomic E-state index is -0.858. The summed E-state index contributed by atoms with van der Waals surface area (Å²) in [6, 6.07) is 13.2. The second kappa shape index (κ2) is 7.56. The maximum atomic E-state index is 13.3. The number of aliphatic hydroxyl groups is 1. The van der Waals surface area contributed by atoms with Gasteiger partial charge in [0.2, 0.25) is 5.91 Å². The Morgan fingerprint density at radius 1 is 1.27 bits per heavy atom. The first-order chi connectivity index (χ1) is 10.6. The van der Waals surface area contributed by atoms with Gasteiger partial charge in [0, 0.05) is 12.6 Å². The van der Waals surface area contributed by atoms with Crippen LogP contribution in [0.25, 0.3) is 0 Å². The highest BCUT2D eigenvalue weighted by atomic mass is 19.1. The molecule has 1 unspecified atom stereocenters. The summed E-state index contributed by atoms with van der Waals surface area (Å²) in [6.07, 6.45) is -0.903. The molecule has 0 aromatic heterocycles. The fraction of sp³-hybridized carbons (Fsp3) is 0.235. The highest BCUT2D eigenvalue weighted by molar-refractivity contribution is 5.76. The van der Waals surface area contributed by atoms with Gasteiger partial charge in [-0.15, -0.1) is 0 Å². The van der Waals surface area contributed by atoms with E-state index in [9.17, 15) is 14.3 Å². The molecule has 1 amide bonds. The number of ether oxygens (including phenoxy) is 1. The summed E-state index contributed by atoms with van der Waals surface area (Å²) in [4.78, 5) is 11.8. The normalized spacial score (nSPS) is 11.8. The van der Waals surface area contributed by atoms with Crippen molar-refractivity contribution in [3.8, 4) is 5.75 Å². The minimum absolute atomic E-state index is 0.0452. The van der Waals surface area contributed by atoms with Gasteiger partial charge in [-0.05, 0) is 23.3 Å². The van der Waals surface area contributed by atoms with Crippen molar-refractivity contribution in [2.75, 3.05) is 7.11 Å². The van der Waals surface area contributed by atoms with Crippen LogP contribution in [-0.2, 0) is 11.3 Å². The van der Waals surface area contributed by atoms with E-state index in [4.69, 9.17) is 4.74 Å². The van der Waals surface area contributed by atoms with Crippen LogP contribution in [0.2, 0.25) is 0 Å². The van der Waals surface area contributed by atoms with Gasteiger partial charge in [-0.3, -0.25) is 4.79 Å². The lowest BCUT2D eigenvalue weighted by atomic mass is 10.1. The first-order valence-electron chi connectivity index (χ1n) is 6.91. The lowest BCUT2D eigenvalue weighted by Gasteiger charge is -2.11. The zero-order valence-corrected chi connectivity index (χ0v) is 12.3. The number of rotatable bonds is 6. The number of halogens is 1. The van der Waals surface area contributed by atoms with E-state index in [1.807, 2.05) is 6.07 Å². The summed E-state index contributed by atoms with van der Waals surface area (Å²) in [5.41, 5.74) is 1.28. The molecule has 22 heavy (non-hydrogen) atoms. The summed E-state index contributed by atoms with van der Waals surface area (Å²) in [5.74, 6) is -0.332. The second-order valence-corrected chi connectivity index (χ2v) is 4.91. The highest BCUT2D eigenvalue weighted by Gasteiger charge is 2.12. The lowest BCUT2D eigenvalue weighted by molar-refractivity contribution is -0.123. The highest BCUT2D eigenvalue weighted by Crippen LogP contribution is 2.17. The Labute approximate surface area is 128 Å². The zero-order chi connectivity index (χ0) is 15.9. The molecule has 1 atom stereocenters. The zero-order valence-electron chi connectivity index (χ0n) is 12.3. The average Bonchev–Trinajstić information content (AvgIpc) is 2.53. The van der Waals surface area contributed by atoms with E-state index in [0.717, 1.165) is 0 Å². The van der Waals surface area contributed by atoms with Crippen molar-refractivity contribution < 1.29 is 19.0 Å². The van der Waals surface area contributed by atoms with Crippen LogP contribution in [0.15, 0.2) is 48.5 Å². The van der Waals surface area contributed by atoms with Gasteiger partial charge < -0.3 is 15.2 Å². The van der Waals surface area contributed by atoms with Crippen LogP contribution in [0.5, 0.6) is 5.75 Å². The van der Waals surface area contributed by atoms with E-state index >= 15 is 0 Å². The molecule has 0 saturated carbocycles. The summed E-state index contributed by atoms with van der Waals surface area (Å²) in [5, 5.41) is 12.6. The van der Waals surface area contributed by atoms with Gasteiger partial charge in [-0.2, -0.15) is 0 Å². The lowest BCUT2D eigenvalue weighted by Crippen LogP contribution is -2.24. The molecule has 0 bridgehead atoms. The molecule has 4 nitrogen and oxygen atoms in total. The largest absolute Gasteiger partial charge is 0.497 e. The molecule has 0 saturated heterocycles. The molecular formula is C17H18FNO3. The van der Waals surface area contributed by atoms with Crippen molar-refractivity contribution in [2.24, 2.45) is 0 Å². The predicted molar refractivity (Wildman–Crippen MR) is 80.8 cm³/mol. The van der Waals surface area contributed by atoms with Crippen LogP contribution in [0.1, 0.15) is 23.7 Å². The third kappa shape index (κ3) is 4.56. The van der Waals surface area contributed by atoms with E-state index < -0.39 is 11.9 Å². The number of carbonyl (C=O) groups is 1. The van der Waals surface area contributed by atoms with Crippen molar-refractivity contribution in [1.82, 2.24) is 5.32 Å². The van der Waals surface area contributed by atoms with Gasteiger partial charge in [0.25, 0.3) is 0 Å². The third-order valence-corrected chi connectivity index (χ3v) is 3.22. The van der Waals surface area contributed by atoms with Crippen LogP contribution in [-0.4, -0.2) is 18.1 Å². The summed E-state index contributed by atoms with van der Waals surface area (Å²) in [7, 11) is 1.45. The maximum Gasteiger partial charge on any atom is 0.223 e. The Morgan fingerprint density at radius 3 is 2.68 bits per heavy atom. The molecule has 2 N–H and O–H groups in total. The molecule has 2 rings (SSSR count). The van der Waals surface area contributed by atoms with Crippen LogP contribution in [0.4, 0.5) is 4.39 Å². The SMILES string of the molecule is COc1cc(F)cc(CNC(=O)CC(O)c2ccccc2)c1. The van der Waals surface area contributed by atoms with Crippen molar-refractivity contribution in [2.45, 2.75) is 19.1 Å². The van der Waals surface area contributed by atoms with Gasteiger partial charge in [0.15, 0.2) is 0 Å². The number of benzene rings is 2. The van der Waals surface area contributed by atoms with Gasteiger partial charge in [-0.25, -0.2) is 4.39 Å². The first kappa shape index (κ1) is 16.0. The number of aliphatic hydroxyl groups excluding tert-OH is 1. The molecule has 2 aromatic rings. The fourth-order valence-electron chi connectivity index (χ4n) is 2.08. The molecule has 0 aliphatic carbocycles. The quantitative estimate of drug-likeness (QED) is 0.862. The number of hydrogen-bond donors (Lipinski definition) is 2. The summed E-state index contributed by atoms with van der Waals surface area (Å²) in [6.45, 7) is 0.175. The van der Waals surface area contributed by atoms with Gasteiger partial charge in [0.05, 0.1) is 19.6 Å². The Bertz CT molecular complexity index is 631. The molecule has 0 aliphatic heterocycles. The Morgan fingerprint density at radius 2 is 2.00 bits per heavy atom. The first-order valence-corrected chi connectivity index (χ1v) is 6.91. The van der Waals surface area contributed by atoms with Crippen molar-refractivity contribution in [3.05, 3.63) is 65.5 Å². The monoisotopic (exact) mass is 303 g/mol. The fourth-order valence-corrected chi connectivity index (χ4v) is 2.08. The average molecular weight is 303 g/mol. The van der Waals surface area contributed by atoms with Crippen LogP contribution in [0.3, 0.4) is 0 Å². The standard InChI is InChI=1S/C17H18FNO3/c1-22-15-8-12(7-14(18)9-15)11-19-17(21)10-16(20)13-5-3-2-4-6-13/h2-9,16,20H,10-11H2,1H3,(H,19,21).